The Morgan fingerprint density at radius 3 is 1.60 bits per heavy atom. The minimum Gasteiger partial charge on any atom is -0.310 e. The minimum atomic E-state index is 0.688. The Kier molecular flexibility index (Phi) is 8.05. The summed E-state index contributed by atoms with van der Waals surface area (Å²) in [6.45, 7) is 6.11. The van der Waals surface area contributed by atoms with Crippen LogP contribution in [0.2, 0.25) is 0 Å². The normalized spacial score (nSPS) is 11.0. The van der Waals surface area contributed by atoms with Gasteiger partial charge in [0.25, 0.3) is 0 Å². The fourth-order valence-corrected chi connectivity index (χ4v) is 4.94. The van der Waals surface area contributed by atoms with Gasteiger partial charge in [0.05, 0.1) is 6.07 Å². The third kappa shape index (κ3) is 6.12. The lowest BCUT2D eigenvalue weighted by Gasteiger charge is -2.27. The molecule has 194 valence electrons. The van der Waals surface area contributed by atoms with E-state index in [0.29, 0.717) is 5.57 Å². The van der Waals surface area contributed by atoms with Crippen LogP contribution in [-0.2, 0) is 0 Å². The molecule has 0 aliphatic rings. The molecule has 0 spiro atoms. The van der Waals surface area contributed by atoms with Gasteiger partial charge in [0.15, 0.2) is 0 Å². The number of aryl methyl sites for hydroxylation is 2. The van der Waals surface area contributed by atoms with E-state index in [-0.39, 0.29) is 0 Å². The van der Waals surface area contributed by atoms with Crippen molar-refractivity contribution in [3.63, 3.8) is 0 Å². The molecule has 5 rings (SSSR count). The second kappa shape index (κ2) is 12.2. The molecule has 0 amide bonds. The van der Waals surface area contributed by atoms with Crippen LogP contribution < -0.4 is 4.90 Å². The molecular weight excluding hydrogens is 484 g/mol. The first-order chi connectivity index (χ1) is 19.5. The maximum absolute atomic E-state index is 9.17. The molecule has 0 radical (unpaired) electrons. The number of nitriles is 1. The number of anilines is 3. The summed E-state index contributed by atoms with van der Waals surface area (Å²) in [5.74, 6) is 0. The smallest absolute Gasteiger partial charge is 0.0944 e. The zero-order valence-corrected chi connectivity index (χ0v) is 23.2. The van der Waals surface area contributed by atoms with Gasteiger partial charge >= 0.3 is 0 Å². The van der Waals surface area contributed by atoms with E-state index in [9.17, 15) is 0 Å². The molecule has 0 unspecified atom stereocenters. The van der Waals surface area contributed by atoms with E-state index in [1.165, 1.54) is 27.8 Å². The first-order valence-electron chi connectivity index (χ1n) is 13.5. The molecule has 0 fully saturated rings. The molecule has 0 saturated carbocycles. The van der Waals surface area contributed by atoms with Gasteiger partial charge in [-0.05, 0) is 96.6 Å². The highest BCUT2D eigenvalue weighted by molar-refractivity contribution is 5.91. The quantitative estimate of drug-likeness (QED) is 0.159. The van der Waals surface area contributed by atoms with Crippen molar-refractivity contribution in [2.75, 3.05) is 4.90 Å². The number of hydrogen-bond donors (Lipinski definition) is 0. The van der Waals surface area contributed by atoms with Crippen LogP contribution >= 0.6 is 0 Å². The molecule has 5 aromatic carbocycles. The van der Waals surface area contributed by atoms with Crippen LogP contribution in [0.5, 0.6) is 0 Å². The lowest BCUT2D eigenvalue weighted by Crippen LogP contribution is -2.11. The van der Waals surface area contributed by atoms with Crippen LogP contribution in [0.4, 0.5) is 17.1 Å². The second-order valence-electron chi connectivity index (χ2n) is 10.0. The van der Waals surface area contributed by atoms with Gasteiger partial charge in [-0.2, -0.15) is 5.26 Å². The molecule has 40 heavy (non-hydrogen) atoms. The van der Waals surface area contributed by atoms with Crippen molar-refractivity contribution in [2.45, 2.75) is 20.8 Å². The average molecular weight is 517 g/mol. The molecule has 0 aliphatic carbocycles. The Labute approximate surface area is 237 Å². The predicted molar refractivity (Wildman–Crippen MR) is 170 cm³/mol. The third-order valence-electron chi connectivity index (χ3n) is 6.94. The number of nitrogens with zero attached hydrogens (tertiary/aromatic N) is 2. The van der Waals surface area contributed by atoms with Gasteiger partial charge in [0, 0.05) is 22.6 Å². The topological polar surface area (TPSA) is 27.0 Å². The number of hydrogen-bond acceptors (Lipinski definition) is 2. The highest BCUT2D eigenvalue weighted by atomic mass is 15.1. The summed E-state index contributed by atoms with van der Waals surface area (Å²) >= 11 is 0. The zero-order valence-electron chi connectivity index (χ0n) is 23.2. The standard InChI is InChI=1S/C38H32N2/c1-28-14-23-38(30(3)24-28)40(35-19-15-31(16-20-35)25-29(2)27-39)36-21-17-32(18-22-36)26-37(33-10-6-4-7-11-33)34-12-8-5-9-13-34/h4-26H,1-3H3/b29-25-. The minimum absolute atomic E-state index is 0.688. The molecule has 0 aliphatic heterocycles. The van der Waals surface area contributed by atoms with E-state index in [4.69, 9.17) is 5.26 Å². The van der Waals surface area contributed by atoms with Crippen molar-refractivity contribution < 1.29 is 0 Å². The van der Waals surface area contributed by atoms with E-state index in [1.54, 1.807) is 0 Å². The zero-order chi connectivity index (χ0) is 27.9. The van der Waals surface area contributed by atoms with Gasteiger partial charge < -0.3 is 4.90 Å². The molecule has 2 nitrogen and oxygen atoms in total. The number of benzene rings is 5. The van der Waals surface area contributed by atoms with Crippen molar-refractivity contribution in [1.29, 1.82) is 5.26 Å². The van der Waals surface area contributed by atoms with Gasteiger partial charge in [0.1, 0.15) is 0 Å². The lowest BCUT2D eigenvalue weighted by molar-refractivity contribution is 1.24. The first-order valence-corrected chi connectivity index (χ1v) is 13.5. The van der Waals surface area contributed by atoms with Crippen LogP contribution in [0.3, 0.4) is 0 Å². The Bertz CT molecular complexity index is 1650. The molecule has 0 bridgehead atoms. The summed E-state index contributed by atoms with van der Waals surface area (Å²) in [5.41, 5.74) is 12.2. The van der Waals surface area contributed by atoms with Crippen LogP contribution in [-0.4, -0.2) is 0 Å². The highest BCUT2D eigenvalue weighted by Crippen LogP contribution is 2.37. The Morgan fingerprint density at radius 2 is 1.12 bits per heavy atom. The van der Waals surface area contributed by atoms with Gasteiger partial charge in [-0.1, -0.05) is 103 Å². The van der Waals surface area contributed by atoms with Gasteiger partial charge in [0.2, 0.25) is 0 Å². The fraction of sp³-hybridized carbons (Fsp3) is 0.0789. The molecule has 0 atom stereocenters. The van der Waals surface area contributed by atoms with Gasteiger partial charge in [-0.3, -0.25) is 0 Å². The van der Waals surface area contributed by atoms with Gasteiger partial charge in [-0.25, -0.2) is 0 Å². The van der Waals surface area contributed by atoms with Crippen molar-refractivity contribution in [1.82, 2.24) is 0 Å². The monoisotopic (exact) mass is 516 g/mol. The molecule has 0 saturated heterocycles. The van der Waals surface area contributed by atoms with Crippen molar-refractivity contribution >= 4 is 34.8 Å². The average Bonchev–Trinajstić information content (AvgIpc) is 2.99. The summed E-state index contributed by atoms with van der Waals surface area (Å²) in [6, 6.07) is 47.0. The summed E-state index contributed by atoms with van der Waals surface area (Å²) in [7, 11) is 0. The van der Waals surface area contributed by atoms with E-state index < -0.39 is 0 Å². The largest absolute Gasteiger partial charge is 0.310 e. The van der Waals surface area contributed by atoms with E-state index >= 15 is 0 Å². The Morgan fingerprint density at radius 1 is 0.625 bits per heavy atom. The fourth-order valence-electron chi connectivity index (χ4n) is 4.94. The molecule has 0 aromatic heterocycles. The van der Waals surface area contributed by atoms with Gasteiger partial charge in [-0.15, -0.1) is 0 Å². The first kappa shape index (κ1) is 26.5. The van der Waals surface area contributed by atoms with Crippen molar-refractivity contribution in [2.24, 2.45) is 0 Å². The van der Waals surface area contributed by atoms with Crippen molar-refractivity contribution in [3.05, 3.63) is 166 Å². The summed E-state index contributed by atoms with van der Waals surface area (Å²) < 4.78 is 0. The maximum Gasteiger partial charge on any atom is 0.0944 e. The van der Waals surface area contributed by atoms with E-state index in [2.05, 4.69) is 158 Å². The SMILES string of the molecule is C/C(C#N)=C/c1ccc(N(c2ccc(C=C(c3ccccc3)c3ccccc3)cc2)c2ccc(C)cc2C)cc1. The number of rotatable bonds is 7. The molecule has 2 heteroatoms. The predicted octanol–water partition coefficient (Wildman–Crippen LogP) is 10.3. The lowest BCUT2D eigenvalue weighted by atomic mass is 9.95. The number of allylic oxidation sites excluding steroid dienone is 1. The third-order valence-corrected chi connectivity index (χ3v) is 6.94. The summed E-state index contributed by atoms with van der Waals surface area (Å²) in [5, 5.41) is 9.17. The summed E-state index contributed by atoms with van der Waals surface area (Å²) in [4.78, 5) is 2.29. The molecule has 0 N–H and O–H groups in total. The Hall–Kier alpha value is -5.13. The van der Waals surface area contributed by atoms with E-state index in [1.807, 2.05) is 13.0 Å². The highest BCUT2D eigenvalue weighted by Gasteiger charge is 2.15. The van der Waals surface area contributed by atoms with Crippen LogP contribution in [0.25, 0.3) is 17.7 Å². The molecule has 0 heterocycles. The van der Waals surface area contributed by atoms with E-state index in [0.717, 1.165) is 28.2 Å². The molecule has 5 aromatic rings. The second-order valence-corrected chi connectivity index (χ2v) is 10.0. The summed E-state index contributed by atoms with van der Waals surface area (Å²) in [6.07, 6.45) is 4.16. The van der Waals surface area contributed by atoms with Crippen LogP contribution in [0.1, 0.15) is 40.3 Å². The van der Waals surface area contributed by atoms with Crippen molar-refractivity contribution in [3.8, 4) is 6.07 Å². The molecular formula is C38H32N2. The maximum atomic E-state index is 9.17. The Balaban J connectivity index is 1.56. The van der Waals surface area contributed by atoms with Crippen LogP contribution in [0, 0.1) is 25.2 Å². The van der Waals surface area contributed by atoms with Crippen LogP contribution in [0.15, 0.2) is 133 Å².